The summed E-state index contributed by atoms with van der Waals surface area (Å²) < 4.78 is 29.9. The van der Waals surface area contributed by atoms with Gasteiger partial charge in [-0.2, -0.15) is 0 Å². The average molecular weight is 629 g/mol. The van der Waals surface area contributed by atoms with Crippen LogP contribution in [-0.4, -0.2) is 89.0 Å². The van der Waals surface area contributed by atoms with Gasteiger partial charge in [0.05, 0.1) is 58.3 Å². The first-order chi connectivity index (χ1) is 21.0. The van der Waals surface area contributed by atoms with E-state index in [4.69, 9.17) is 23.4 Å². The molecule has 0 saturated carbocycles. The fourth-order valence-electron chi connectivity index (χ4n) is 7.70. The Kier molecular flexibility index (Phi) is 13.1. The number of rotatable bonds is 16. The van der Waals surface area contributed by atoms with E-state index in [1.54, 1.807) is 7.11 Å². The predicted molar refractivity (Wildman–Crippen MR) is 170 cm³/mol. The number of carbonyl (C=O) groups is 1. The summed E-state index contributed by atoms with van der Waals surface area (Å²) in [7, 11) is 4.94. The molecule has 3 rings (SSSR count). The van der Waals surface area contributed by atoms with E-state index < -0.39 is 23.3 Å². The van der Waals surface area contributed by atoms with Gasteiger partial charge in [-0.3, -0.25) is 4.90 Å². The molecule has 9 nitrogen and oxygen atoms in total. The molecule has 1 saturated heterocycles. The minimum atomic E-state index is -1.03. The summed E-state index contributed by atoms with van der Waals surface area (Å²) in [5, 5.41) is 20.5. The summed E-state index contributed by atoms with van der Waals surface area (Å²) in [5.74, 6) is 0.831. The normalized spacial score (nSPS) is 21.7. The predicted octanol–water partition coefficient (Wildman–Crippen LogP) is 5.68. The molecule has 1 amide bonds. The van der Waals surface area contributed by atoms with Gasteiger partial charge >= 0.3 is 6.09 Å². The molecule has 2 aromatic rings. The summed E-state index contributed by atoms with van der Waals surface area (Å²) in [4.78, 5) is 14.4. The first-order valence-electron chi connectivity index (χ1n) is 15.5. The Bertz CT molecular complexity index is 1170. The SMILES string of the molecule is COc1ccccc1COCCCOc1ccc([C@@H]2[C@H](O[Si])CN(C(=O)O)C(C(C)C)(C(C)C)[C@@]2(OCCO)C(C)C)cc1. The van der Waals surface area contributed by atoms with Gasteiger partial charge in [0.15, 0.2) is 0 Å². The molecule has 0 bridgehead atoms. The van der Waals surface area contributed by atoms with E-state index in [-0.39, 0.29) is 43.4 Å². The topological polar surface area (TPSA) is 107 Å². The van der Waals surface area contributed by atoms with Crippen molar-refractivity contribution in [2.45, 2.75) is 77.7 Å². The van der Waals surface area contributed by atoms with Crippen LogP contribution < -0.4 is 9.47 Å². The van der Waals surface area contributed by atoms with Gasteiger partial charge in [-0.15, -0.1) is 0 Å². The van der Waals surface area contributed by atoms with Crippen LogP contribution in [0.4, 0.5) is 4.79 Å². The number of hydrogen-bond donors (Lipinski definition) is 2. The van der Waals surface area contributed by atoms with Crippen LogP contribution >= 0.6 is 0 Å². The van der Waals surface area contributed by atoms with Crippen molar-refractivity contribution in [3.63, 3.8) is 0 Å². The number of para-hydroxylation sites is 1. The number of ether oxygens (including phenoxy) is 4. The number of amides is 1. The van der Waals surface area contributed by atoms with Crippen molar-refractivity contribution >= 4 is 16.6 Å². The molecule has 0 aromatic heterocycles. The molecule has 1 heterocycles. The Hall–Kier alpha value is -2.63. The fraction of sp³-hybridized carbons (Fsp3) is 0.618. The first-order valence-corrected chi connectivity index (χ1v) is 15.9. The molecule has 1 aliphatic heterocycles. The number of nitrogens with zero attached hydrogens (tertiary/aromatic N) is 1. The lowest BCUT2D eigenvalue weighted by Crippen LogP contribution is -2.80. The van der Waals surface area contributed by atoms with E-state index in [0.717, 1.165) is 29.0 Å². The maximum atomic E-state index is 12.9. The summed E-state index contributed by atoms with van der Waals surface area (Å²) in [6, 6.07) is 15.7. The monoisotopic (exact) mass is 628 g/mol. The van der Waals surface area contributed by atoms with Crippen molar-refractivity contribution in [3.8, 4) is 11.5 Å². The molecule has 2 aromatic carbocycles. The summed E-state index contributed by atoms with van der Waals surface area (Å²) >= 11 is 0. The number of carboxylic acid groups (broad SMARTS) is 1. The first kappa shape index (κ1) is 35.8. The molecule has 10 heteroatoms. The van der Waals surface area contributed by atoms with E-state index in [1.165, 1.54) is 4.90 Å². The minimum Gasteiger partial charge on any atom is -0.496 e. The molecule has 44 heavy (non-hydrogen) atoms. The summed E-state index contributed by atoms with van der Waals surface area (Å²) in [6.07, 6.45) is -0.852. The van der Waals surface area contributed by atoms with Crippen LogP contribution in [0.5, 0.6) is 11.5 Å². The number of methoxy groups -OCH3 is 1. The largest absolute Gasteiger partial charge is 0.496 e. The molecule has 3 radical (unpaired) electrons. The van der Waals surface area contributed by atoms with Crippen molar-refractivity contribution in [2.24, 2.45) is 17.8 Å². The highest BCUT2D eigenvalue weighted by Gasteiger charge is 2.69. The Morgan fingerprint density at radius 1 is 0.977 bits per heavy atom. The molecule has 1 fully saturated rings. The fourth-order valence-corrected chi connectivity index (χ4v) is 7.91. The lowest BCUT2D eigenvalue weighted by molar-refractivity contribution is -0.253. The number of benzene rings is 2. The molecule has 243 valence electrons. The molecular formula is C34H50NO8Si. The molecule has 2 N–H and O–H groups in total. The molecule has 3 atom stereocenters. The van der Waals surface area contributed by atoms with E-state index in [0.29, 0.717) is 19.8 Å². The molecule has 0 aliphatic carbocycles. The quantitative estimate of drug-likeness (QED) is 0.181. The van der Waals surface area contributed by atoms with Crippen molar-refractivity contribution in [1.29, 1.82) is 0 Å². The van der Waals surface area contributed by atoms with Crippen LogP contribution in [0.3, 0.4) is 0 Å². The third kappa shape index (κ3) is 6.94. The van der Waals surface area contributed by atoms with E-state index in [2.05, 4.69) is 52.0 Å². The van der Waals surface area contributed by atoms with Crippen LogP contribution in [0, 0.1) is 17.8 Å². The Morgan fingerprint density at radius 3 is 2.18 bits per heavy atom. The lowest BCUT2D eigenvalue weighted by atomic mass is 9.52. The van der Waals surface area contributed by atoms with Crippen LogP contribution in [0.25, 0.3) is 0 Å². The molecule has 0 unspecified atom stereocenters. The van der Waals surface area contributed by atoms with E-state index in [9.17, 15) is 15.0 Å². The second-order valence-electron chi connectivity index (χ2n) is 12.3. The zero-order valence-corrected chi connectivity index (χ0v) is 28.2. The van der Waals surface area contributed by atoms with Gasteiger partial charge < -0.3 is 33.6 Å². The van der Waals surface area contributed by atoms with E-state index in [1.807, 2.05) is 48.5 Å². The number of hydrogen-bond acceptors (Lipinski definition) is 7. The Morgan fingerprint density at radius 2 is 1.64 bits per heavy atom. The second-order valence-corrected chi connectivity index (χ2v) is 12.6. The third-order valence-corrected chi connectivity index (χ3v) is 9.40. The lowest BCUT2D eigenvalue weighted by Gasteiger charge is -2.67. The summed E-state index contributed by atoms with van der Waals surface area (Å²) in [5.41, 5.74) is -0.00553. The smallest absolute Gasteiger partial charge is 0.407 e. The van der Waals surface area contributed by atoms with Crippen LogP contribution in [0.15, 0.2) is 48.5 Å². The molecule has 1 aliphatic rings. The van der Waals surface area contributed by atoms with Gasteiger partial charge in [0.1, 0.15) is 17.1 Å². The van der Waals surface area contributed by atoms with Crippen molar-refractivity contribution in [1.82, 2.24) is 4.90 Å². The zero-order valence-electron chi connectivity index (χ0n) is 27.2. The van der Waals surface area contributed by atoms with Crippen molar-refractivity contribution < 1.29 is 38.4 Å². The third-order valence-electron chi connectivity index (χ3n) is 9.09. The van der Waals surface area contributed by atoms with Gasteiger partial charge in [-0.05, 0) is 41.5 Å². The summed E-state index contributed by atoms with van der Waals surface area (Å²) in [6.45, 7) is 13.9. The highest BCUT2D eigenvalue weighted by Crippen LogP contribution is 2.58. The molecular weight excluding hydrogens is 578 g/mol. The van der Waals surface area contributed by atoms with Crippen LogP contribution in [0.2, 0.25) is 0 Å². The van der Waals surface area contributed by atoms with Gasteiger partial charge in [0, 0.05) is 17.9 Å². The van der Waals surface area contributed by atoms with Gasteiger partial charge in [0.2, 0.25) is 10.5 Å². The van der Waals surface area contributed by atoms with Gasteiger partial charge in [-0.1, -0.05) is 71.9 Å². The Balaban J connectivity index is 1.86. The highest BCUT2D eigenvalue weighted by molar-refractivity contribution is 5.98. The average Bonchev–Trinajstić information content (AvgIpc) is 3.00. The number of piperidine rings is 1. The second kappa shape index (κ2) is 16.1. The number of likely N-dealkylation sites (tertiary alicyclic amines) is 1. The molecule has 0 spiro atoms. The van der Waals surface area contributed by atoms with Crippen LogP contribution in [-0.2, 0) is 20.5 Å². The maximum Gasteiger partial charge on any atom is 0.407 e. The number of aliphatic hydroxyl groups is 1. The Labute approximate surface area is 266 Å². The van der Waals surface area contributed by atoms with Crippen LogP contribution in [0.1, 0.15) is 65.0 Å². The highest BCUT2D eigenvalue weighted by atomic mass is 28.2. The minimum absolute atomic E-state index is 0.0675. The van der Waals surface area contributed by atoms with Crippen molar-refractivity contribution in [3.05, 3.63) is 59.7 Å². The van der Waals surface area contributed by atoms with Crippen molar-refractivity contribution in [2.75, 3.05) is 40.1 Å². The zero-order chi connectivity index (χ0) is 32.5. The van der Waals surface area contributed by atoms with E-state index >= 15 is 0 Å². The number of aliphatic hydroxyl groups excluding tert-OH is 1. The van der Waals surface area contributed by atoms with Gasteiger partial charge in [0.25, 0.3) is 0 Å². The maximum absolute atomic E-state index is 12.9. The van der Waals surface area contributed by atoms with Gasteiger partial charge in [-0.25, -0.2) is 4.79 Å². The standard InChI is InChI=1S/C34H50NO8Si/c1-23(2)33(24(3)4)34(25(5)6,42-20-17-36)31(30(43-44)21-35(33)32(37)38)26-13-15-28(16-14-26)41-19-10-18-40-22-27-11-8-9-12-29(27)39-7/h8-9,11-16,23-25,30-31,36H,10,17-22H2,1-7H3,(H,37,38)/t30-,31-,34-/m1/s1.